The van der Waals surface area contributed by atoms with Crippen molar-refractivity contribution in [1.82, 2.24) is 0 Å². The Balaban J connectivity index is 2.88. The molecule has 0 heterocycles. The van der Waals surface area contributed by atoms with Crippen molar-refractivity contribution in [2.24, 2.45) is 0 Å². The molecular formula is C12H14N2O2. The van der Waals surface area contributed by atoms with Crippen molar-refractivity contribution in [2.45, 2.75) is 13.8 Å². The molecule has 0 unspecified atom stereocenters. The van der Waals surface area contributed by atoms with Gasteiger partial charge in [0.15, 0.2) is 0 Å². The van der Waals surface area contributed by atoms with Crippen LogP contribution >= 0.6 is 0 Å². The van der Waals surface area contributed by atoms with Crippen LogP contribution in [0.3, 0.4) is 0 Å². The van der Waals surface area contributed by atoms with E-state index < -0.39 is 5.91 Å². The van der Waals surface area contributed by atoms with Crippen molar-refractivity contribution in [1.29, 1.82) is 5.41 Å². The van der Waals surface area contributed by atoms with Gasteiger partial charge in [0.25, 0.3) is 5.91 Å². The van der Waals surface area contributed by atoms with E-state index in [4.69, 9.17) is 5.41 Å². The number of carbonyl (C=O) groups excluding carboxylic acids is 1. The zero-order chi connectivity index (χ0) is 12.1. The van der Waals surface area contributed by atoms with Gasteiger partial charge in [0.1, 0.15) is 5.76 Å². The SMILES string of the molecule is CC(=N)/C(C(=O)Nc1ccccc1)=C(\C)O. The van der Waals surface area contributed by atoms with Gasteiger partial charge in [-0.2, -0.15) is 0 Å². The monoisotopic (exact) mass is 218 g/mol. The number of benzene rings is 1. The van der Waals surface area contributed by atoms with Gasteiger partial charge in [0.05, 0.1) is 5.57 Å². The third-order valence-electron chi connectivity index (χ3n) is 2.00. The van der Waals surface area contributed by atoms with Gasteiger partial charge >= 0.3 is 0 Å². The molecule has 0 aliphatic heterocycles. The van der Waals surface area contributed by atoms with Crippen molar-refractivity contribution in [2.75, 3.05) is 5.32 Å². The number of rotatable bonds is 3. The van der Waals surface area contributed by atoms with E-state index in [1.807, 2.05) is 6.07 Å². The Morgan fingerprint density at radius 3 is 2.25 bits per heavy atom. The summed E-state index contributed by atoms with van der Waals surface area (Å²) in [6.45, 7) is 2.84. The quantitative estimate of drug-likeness (QED) is 0.414. The molecule has 1 aromatic rings. The van der Waals surface area contributed by atoms with Gasteiger partial charge in [-0.15, -0.1) is 0 Å². The zero-order valence-electron chi connectivity index (χ0n) is 9.24. The fraction of sp³-hybridized carbons (Fsp3) is 0.167. The minimum absolute atomic E-state index is 0.00357. The topological polar surface area (TPSA) is 73.2 Å². The predicted octanol–water partition coefficient (Wildman–Crippen LogP) is 2.50. The lowest BCUT2D eigenvalue weighted by Crippen LogP contribution is -2.20. The minimum atomic E-state index is -0.473. The second-order valence-corrected chi connectivity index (χ2v) is 3.41. The Hall–Kier alpha value is -2.10. The Labute approximate surface area is 94.1 Å². The molecule has 0 aromatic heterocycles. The number of carbonyl (C=O) groups is 1. The standard InChI is InChI=1S/C12H14N2O2/c1-8(13)11(9(2)15)12(16)14-10-6-4-3-5-7-10/h3-7,13,15H,1-2H3,(H,14,16)/b11-9-,13-8?. The normalized spacial score (nSPS) is 11.6. The number of aliphatic hydroxyl groups excluding tert-OH is 1. The van der Waals surface area contributed by atoms with Crippen molar-refractivity contribution in [3.8, 4) is 0 Å². The summed E-state index contributed by atoms with van der Waals surface area (Å²) >= 11 is 0. The summed E-state index contributed by atoms with van der Waals surface area (Å²) < 4.78 is 0. The number of anilines is 1. The third-order valence-corrected chi connectivity index (χ3v) is 2.00. The Kier molecular flexibility index (Phi) is 3.83. The first-order valence-corrected chi connectivity index (χ1v) is 4.84. The van der Waals surface area contributed by atoms with Crippen LogP contribution in [0, 0.1) is 5.41 Å². The predicted molar refractivity (Wildman–Crippen MR) is 63.8 cm³/mol. The van der Waals surface area contributed by atoms with Crippen LogP contribution in [0.1, 0.15) is 13.8 Å². The highest BCUT2D eigenvalue weighted by Gasteiger charge is 2.15. The Morgan fingerprint density at radius 2 is 1.81 bits per heavy atom. The van der Waals surface area contributed by atoms with Crippen LogP contribution in [-0.2, 0) is 4.79 Å². The van der Waals surface area contributed by atoms with E-state index in [1.165, 1.54) is 13.8 Å². The summed E-state index contributed by atoms with van der Waals surface area (Å²) in [6, 6.07) is 8.90. The molecule has 0 bridgehead atoms. The molecule has 84 valence electrons. The lowest BCUT2D eigenvalue weighted by molar-refractivity contribution is -0.112. The average Bonchev–Trinajstić information content (AvgIpc) is 2.17. The molecule has 0 spiro atoms. The lowest BCUT2D eigenvalue weighted by atomic mass is 10.1. The first-order valence-electron chi connectivity index (χ1n) is 4.84. The molecule has 0 aliphatic carbocycles. The Bertz CT molecular complexity index is 432. The smallest absolute Gasteiger partial charge is 0.260 e. The summed E-state index contributed by atoms with van der Waals surface area (Å²) in [4.78, 5) is 11.7. The number of para-hydroxylation sites is 1. The first kappa shape index (κ1) is 12.0. The molecular weight excluding hydrogens is 204 g/mol. The number of nitrogens with one attached hydrogen (secondary N) is 2. The van der Waals surface area contributed by atoms with Crippen LogP contribution in [0.25, 0.3) is 0 Å². The number of amides is 1. The molecule has 0 aliphatic rings. The van der Waals surface area contributed by atoms with Crippen molar-refractivity contribution >= 4 is 17.3 Å². The summed E-state index contributed by atoms with van der Waals surface area (Å²) in [5, 5.41) is 19.3. The van der Waals surface area contributed by atoms with Crippen LogP contribution < -0.4 is 5.32 Å². The van der Waals surface area contributed by atoms with Crippen molar-refractivity contribution in [3.05, 3.63) is 41.7 Å². The summed E-state index contributed by atoms with van der Waals surface area (Å²) in [5.41, 5.74) is 0.671. The summed E-state index contributed by atoms with van der Waals surface area (Å²) in [6.07, 6.45) is 0. The van der Waals surface area contributed by atoms with E-state index in [2.05, 4.69) is 5.32 Å². The summed E-state index contributed by atoms with van der Waals surface area (Å²) in [5.74, 6) is -0.625. The van der Waals surface area contributed by atoms with E-state index >= 15 is 0 Å². The van der Waals surface area contributed by atoms with Gasteiger partial charge in [-0.25, -0.2) is 0 Å². The molecule has 0 saturated carbocycles. The lowest BCUT2D eigenvalue weighted by Gasteiger charge is -2.08. The van der Waals surface area contributed by atoms with Gasteiger partial charge in [0.2, 0.25) is 0 Å². The molecule has 4 heteroatoms. The van der Waals surface area contributed by atoms with Crippen LogP contribution in [0.2, 0.25) is 0 Å². The summed E-state index contributed by atoms with van der Waals surface area (Å²) in [7, 11) is 0. The van der Waals surface area contributed by atoms with Gasteiger partial charge < -0.3 is 15.8 Å². The van der Waals surface area contributed by atoms with Gasteiger partial charge in [-0.1, -0.05) is 18.2 Å². The van der Waals surface area contributed by atoms with Crippen LogP contribution in [-0.4, -0.2) is 16.7 Å². The fourth-order valence-corrected chi connectivity index (χ4v) is 1.32. The van der Waals surface area contributed by atoms with Gasteiger partial charge in [-0.05, 0) is 26.0 Å². The van der Waals surface area contributed by atoms with Crippen molar-refractivity contribution < 1.29 is 9.90 Å². The van der Waals surface area contributed by atoms with Crippen molar-refractivity contribution in [3.63, 3.8) is 0 Å². The number of hydrogen-bond acceptors (Lipinski definition) is 3. The maximum atomic E-state index is 11.7. The van der Waals surface area contributed by atoms with E-state index in [-0.39, 0.29) is 17.0 Å². The molecule has 16 heavy (non-hydrogen) atoms. The van der Waals surface area contributed by atoms with Gasteiger partial charge in [0, 0.05) is 11.4 Å². The largest absolute Gasteiger partial charge is 0.512 e. The van der Waals surface area contributed by atoms with E-state index in [1.54, 1.807) is 24.3 Å². The molecule has 4 nitrogen and oxygen atoms in total. The van der Waals surface area contributed by atoms with Crippen LogP contribution in [0.15, 0.2) is 41.7 Å². The van der Waals surface area contributed by atoms with E-state index in [0.717, 1.165) is 0 Å². The average molecular weight is 218 g/mol. The van der Waals surface area contributed by atoms with Crippen LogP contribution in [0.4, 0.5) is 5.69 Å². The second kappa shape index (κ2) is 5.11. The third kappa shape index (κ3) is 2.95. The fourth-order valence-electron chi connectivity index (χ4n) is 1.32. The molecule has 3 N–H and O–H groups in total. The highest BCUT2D eigenvalue weighted by molar-refractivity contribution is 6.23. The van der Waals surface area contributed by atoms with E-state index in [9.17, 15) is 9.90 Å². The molecule has 1 rings (SSSR count). The maximum Gasteiger partial charge on any atom is 0.260 e. The number of aliphatic hydroxyl groups is 1. The van der Waals surface area contributed by atoms with Gasteiger partial charge in [-0.3, -0.25) is 4.79 Å². The molecule has 0 saturated heterocycles. The number of hydrogen-bond donors (Lipinski definition) is 3. The molecule has 0 atom stereocenters. The first-order chi connectivity index (χ1) is 7.52. The highest BCUT2D eigenvalue weighted by atomic mass is 16.3. The minimum Gasteiger partial charge on any atom is -0.512 e. The highest BCUT2D eigenvalue weighted by Crippen LogP contribution is 2.10. The molecule has 0 radical (unpaired) electrons. The molecule has 0 fully saturated rings. The number of allylic oxidation sites excluding steroid dienone is 1. The van der Waals surface area contributed by atoms with E-state index in [0.29, 0.717) is 5.69 Å². The molecule has 1 aromatic carbocycles. The Morgan fingerprint density at radius 1 is 1.25 bits per heavy atom. The second-order valence-electron chi connectivity index (χ2n) is 3.41. The zero-order valence-corrected chi connectivity index (χ0v) is 9.24. The maximum absolute atomic E-state index is 11.7. The molecule has 1 amide bonds. The van der Waals surface area contributed by atoms with Crippen LogP contribution in [0.5, 0.6) is 0 Å².